The van der Waals surface area contributed by atoms with Gasteiger partial charge in [0.05, 0.1) is 0 Å². The van der Waals surface area contributed by atoms with Crippen molar-refractivity contribution in [2.24, 2.45) is 0 Å². The SMILES string of the molecule is C=Cc1cc2cc(C)ccc2cc1C(=C)C. The van der Waals surface area contributed by atoms with E-state index in [0.29, 0.717) is 0 Å². The summed E-state index contributed by atoms with van der Waals surface area (Å²) in [7, 11) is 0. The molecule has 80 valence electrons. The summed E-state index contributed by atoms with van der Waals surface area (Å²) in [5, 5.41) is 2.52. The van der Waals surface area contributed by atoms with Gasteiger partial charge in [-0.1, -0.05) is 48.6 Å². The molecule has 2 rings (SSSR count). The monoisotopic (exact) mass is 208 g/mol. The van der Waals surface area contributed by atoms with Gasteiger partial charge >= 0.3 is 0 Å². The van der Waals surface area contributed by atoms with E-state index in [2.05, 4.69) is 50.4 Å². The van der Waals surface area contributed by atoms with Gasteiger partial charge in [-0.15, -0.1) is 0 Å². The van der Waals surface area contributed by atoms with E-state index in [4.69, 9.17) is 0 Å². The molecule has 0 spiro atoms. The number of allylic oxidation sites excluding steroid dienone is 1. The Hall–Kier alpha value is -1.82. The zero-order chi connectivity index (χ0) is 11.7. The fraction of sp³-hybridized carbons (Fsp3) is 0.125. The van der Waals surface area contributed by atoms with Crippen LogP contribution in [0.1, 0.15) is 23.6 Å². The summed E-state index contributed by atoms with van der Waals surface area (Å²) in [6.07, 6.45) is 1.89. The van der Waals surface area contributed by atoms with Crippen LogP contribution in [0.4, 0.5) is 0 Å². The number of hydrogen-bond acceptors (Lipinski definition) is 0. The van der Waals surface area contributed by atoms with Crippen molar-refractivity contribution >= 4 is 22.4 Å². The van der Waals surface area contributed by atoms with E-state index in [9.17, 15) is 0 Å². The fourth-order valence-electron chi connectivity index (χ4n) is 1.97. The lowest BCUT2D eigenvalue weighted by molar-refractivity contribution is 1.50. The number of aryl methyl sites for hydroxylation is 1. The van der Waals surface area contributed by atoms with Crippen molar-refractivity contribution in [3.63, 3.8) is 0 Å². The summed E-state index contributed by atoms with van der Waals surface area (Å²) in [5.41, 5.74) is 4.71. The normalized spacial score (nSPS) is 10.4. The molecule has 0 radical (unpaired) electrons. The van der Waals surface area contributed by atoms with Gasteiger partial charge in [-0.3, -0.25) is 0 Å². The molecule has 0 aliphatic rings. The van der Waals surface area contributed by atoms with Crippen LogP contribution in [-0.4, -0.2) is 0 Å². The zero-order valence-electron chi connectivity index (χ0n) is 9.88. The molecule has 0 atom stereocenters. The molecule has 0 aliphatic carbocycles. The summed E-state index contributed by atoms with van der Waals surface area (Å²) in [6, 6.07) is 10.9. The lowest BCUT2D eigenvalue weighted by Crippen LogP contribution is -1.86. The third-order valence-corrected chi connectivity index (χ3v) is 2.84. The first-order valence-corrected chi connectivity index (χ1v) is 5.44. The van der Waals surface area contributed by atoms with Crippen LogP contribution in [0.15, 0.2) is 43.5 Å². The maximum atomic E-state index is 4.01. The maximum absolute atomic E-state index is 4.01. The van der Waals surface area contributed by atoms with Crippen LogP contribution in [0.2, 0.25) is 0 Å². The van der Waals surface area contributed by atoms with E-state index < -0.39 is 0 Å². The first-order chi connectivity index (χ1) is 7.61. The van der Waals surface area contributed by atoms with Gasteiger partial charge in [-0.2, -0.15) is 0 Å². The summed E-state index contributed by atoms with van der Waals surface area (Å²) in [4.78, 5) is 0. The average Bonchev–Trinajstić information content (AvgIpc) is 2.26. The standard InChI is InChI=1S/C16H16/c1-5-13-9-15-8-12(4)6-7-14(15)10-16(13)11(2)3/h5-10H,1-2H2,3-4H3. The Balaban J connectivity index is 2.80. The van der Waals surface area contributed by atoms with Crippen LogP contribution < -0.4 is 0 Å². The van der Waals surface area contributed by atoms with Crippen molar-refractivity contribution in [2.75, 3.05) is 0 Å². The topological polar surface area (TPSA) is 0 Å². The molecule has 0 aromatic heterocycles. The molecule has 0 bridgehead atoms. The largest absolute Gasteiger partial charge is 0.0984 e. The zero-order valence-corrected chi connectivity index (χ0v) is 9.88. The summed E-state index contributed by atoms with van der Waals surface area (Å²) in [6.45, 7) is 12.0. The Kier molecular flexibility index (Phi) is 2.66. The van der Waals surface area contributed by atoms with Crippen LogP contribution in [0.3, 0.4) is 0 Å². The predicted molar refractivity (Wildman–Crippen MR) is 73.5 cm³/mol. The Morgan fingerprint density at radius 3 is 2.50 bits per heavy atom. The molecule has 0 heterocycles. The lowest BCUT2D eigenvalue weighted by atomic mass is 9.96. The maximum Gasteiger partial charge on any atom is -0.0154 e. The first kappa shape index (κ1) is 10.7. The number of rotatable bonds is 2. The molecule has 0 aliphatic heterocycles. The molecular formula is C16H16. The van der Waals surface area contributed by atoms with Gasteiger partial charge in [0.2, 0.25) is 0 Å². The van der Waals surface area contributed by atoms with Crippen LogP contribution in [0, 0.1) is 6.92 Å². The van der Waals surface area contributed by atoms with Gasteiger partial charge in [0.15, 0.2) is 0 Å². The minimum absolute atomic E-state index is 1.08. The van der Waals surface area contributed by atoms with Crippen LogP contribution >= 0.6 is 0 Å². The van der Waals surface area contributed by atoms with Crippen LogP contribution in [0.25, 0.3) is 22.4 Å². The van der Waals surface area contributed by atoms with E-state index in [-0.39, 0.29) is 0 Å². The number of hydrogen-bond donors (Lipinski definition) is 0. The Bertz CT molecular complexity index is 574. The minimum Gasteiger partial charge on any atom is -0.0984 e. The van der Waals surface area contributed by atoms with Crippen molar-refractivity contribution < 1.29 is 0 Å². The first-order valence-electron chi connectivity index (χ1n) is 5.44. The molecule has 0 N–H and O–H groups in total. The molecule has 0 heteroatoms. The average molecular weight is 208 g/mol. The van der Waals surface area contributed by atoms with Gasteiger partial charge in [0.25, 0.3) is 0 Å². The second-order valence-corrected chi connectivity index (χ2v) is 4.27. The summed E-state index contributed by atoms with van der Waals surface area (Å²) < 4.78 is 0. The van der Waals surface area contributed by atoms with E-state index in [0.717, 1.165) is 11.1 Å². The molecule has 0 amide bonds. The molecule has 0 unspecified atom stereocenters. The molecule has 0 fully saturated rings. The van der Waals surface area contributed by atoms with Crippen LogP contribution in [-0.2, 0) is 0 Å². The van der Waals surface area contributed by atoms with Crippen molar-refractivity contribution in [1.29, 1.82) is 0 Å². The van der Waals surface area contributed by atoms with Crippen molar-refractivity contribution in [1.82, 2.24) is 0 Å². The van der Waals surface area contributed by atoms with Gasteiger partial charge in [-0.05, 0) is 47.9 Å². The highest BCUT2D eigenvalue weighted by Crippen LogP contribution is 2.26. The number of benzene rings is 2. The second-order valence-electron chi connectivity index (χ2n) is 4.27. The molecule has 0 saturated heterocycles. The highest BCUT2D eigenvalue weighted by molar-refractivity contribution is 5.90. The molecule has 0 saturated carbocycles. The van der Waals surface area contributed by atoms with Crippen molar-refractivity contribution in [3.05, 3.63) is 60.2 Å². The fourth-order valence-corrected chi connectivity index (χ4v) is 1.97. The molecule has 16 heavy (non-hydrogen) atoms. The molecular weight excluding hydrogens is 192 g/mol. The number of fused-ring (bicyclic) bond motifs is 1. The van der Waals surface area contributed by atoms with Gasteiger partial charge in [-0.25, -0.2) is 0 Å². The van der Waals surface area contributed by atoms with Crippen molar-refractivity contribution in [2.45, 2.75) is 13.8 Å². The van der Waals surface area contributed by atoms with E-state index in [1.54, 1.807) is 0 Å². The lowest BCUT2D eigenvalue weighted by Gasteiger charge is -2.08. The Morgan fingerprint density at radius 1 is 1.12 bits per heavy atom. The van der Waals surface area contributed by atoms with Gasteiger partial charge < -0.3 is 0 Å². The van der Waals surface area contributed by atoms with E-state index >= 15 is 0 Å². The minimum atomic E-state index is 1.08. The molecule has 2 aromatic rings. The summed E-state index contributed by atoms with van der Waals surface area (Å²) in [5.74, 6) is 0. The van der Waals surface area contributed by atoms with Crippen molar-refractivity contribution in [3.8, 4) is 0 Å². The highest BCUT2D eigenvalue weighted by atomic mass is 14.1. The third kappa shape index (κ3) is 1.79. The smallest absolute Gasteiger partial charge is 0.0154 e. The summed E-state index contributed by atoms with van der Waals surface area (Å²) >= 11 is 0. The molecule has 0 nitrogen and oxygen atoms in total. The third-order valence-electron chi connectivity index (χ3n) is 2.84. The quantitative estimate of drug-likeness (QED) is 0.663. The van der Waals surface area contributed by atoms with Crippen LogP contribution in [0.5, 0.6) is 0 Å². The predicted octanol–water partition coefficient (Wildman–Crippen LogP) is 4.82. The Morgan fingerprint density at radius 2 is 1.88 bits per heavy atom. The van der Waals surface area contributed by atoms with Gasteiger partial charge in [0, 0.05) is 0 Å². The van der Waals surface area contributed by atoms with E-state index in [1.165, 1.54) is 21.9 Å². The second kappa shape index (κ2) is 3.97. The molecule has 2 aromatic carbocycles. The highest BCUT2D eigenvalue weighted by Gasteiger charge is 2.03. The van der Waals surface area contributed by atoms with E-state index in [1.807, 2.05) is 13.0 Å². The van der Waals surface area contributed by atoms with Gasteiger partial charge in [0.1, 0.15) is 0 Å². The Labute approximate surface area is 96.9 Å².